The van der Waals surface area contributed by atoms with Gasteiger partial charge in [0.25, 0.3) is 5.91 Å². The van der Waals surface area contributed by atoms with Gasteiger partial charge >= 0.3 is 0 Å². The van der Waals surface area contributed by atoms with Gasteiger partial charge in [-0.15, -0.1) is 12.6 Å². The van der Waals surface area contributed by atoms with Gasteiger partial charge in [-0.05, 0) is 81.6 Å². The first-order valence-electron chi connectivity index (χ1n) is 13.5. The highest BCUT2D eigenvalue weighted by molar-refractivity contribution is 7.81. The van der Waals surface area contributed by atoms with E-state index in [1.165, 1.54) is 12.8 Å². The van der Waals surface area contributed by atoms with Crippen molar-refractivity contribution in [2.45, 2.75) is 58.8 Å². The summed E-state index contributed by atoms with van der Waals surface area (Å²) in [7, 11) is 0. The molecule has 0 saturated carbocycles. The van der Waals surface area contributed by atoms with Crippen molar-refractivity contribution in [3.05, 3.63) is 57.2 Å². The largest absolute Gasteiger partial charge is 0.454 e. The molecule has 3 heterocycles. The predicted octanol–water partition coefficient (Wildman–Crippen LogP) is 5.38. The van der Waals surface area contributed by atoms with Crippen molar-refractivity contribution in [2.75, 3.05) is 33.0 Å². The summed E-state index contributed by atoms with van der Waals surface area (Å²) < 4.78 is 11.0. The molecule has 1 saturated heterocycles. The normalized spacial score (nSPS) is 17.1. The number of aromatic nitrogens is 1. The lowest BCUT2D eigenvalue weighted by Crippen LogP contribution is -2.55. The van der Waals surface area contributed by atoms with Crippen LogP contribution in [0.4, 0.5) is 0 Å². The zero-order valence-electron chi connectivity index (χ0n) is 23.2. The summed E-state index contributed by atoms with van der Waals surface area (Å²) in [6.07, 6.45) is 7.02. The quantitative estimate of drug-likeness (QED) is 0.268. The second-order valence-electron chi connectivity index (χ2n) is 9.18. The van der Waals surface area contributed by atoms with Crippen LogP contribution in [0.1, 0.15) is 69.8 Å². The number of fused-ring (bicyclic) bond motifs is 1. The third kappa shape index (κ3) is 6.56. The van der Waals surface area contributed by atoms with Gasteiger partial charge in [0.1, 0.15) is 5.15 Å². The second kappa shape index (κ2) is 13.5. The highest BCUT2D eigenvalue weighted by Gasteiger charge is 2.37. The zero-order valence-corrected chi connectivity index (χ0v) is 24.9. The maximum absolute atomic E-state index is 14.1. The van der Waals surface area contributed by atoms with Crippen molar-refractivity contribution in [2.24, 2.45) is 0 Å². The summed E-state index contributed by atoms with van der Waals surface area (Å²) in [6, 6.07) is 7.43. The second-order valence-corrected chi connectivity index (χ2v) is 10.4. The van der Waals surface area contributed by atoms with Gasteiger partial charge in [-0.25, -0.2) is 4.98 Å². The fraction of sp³-hybridized carbons (Fsp3) is 0.467. The SMILES string of the molecule is C=c1nc(Cl)cc(C(=O)N(CC)[C@@](S)(CC)CN2CCCC2)/c1=C/C(=C\C)c1ccc2c(c1)OCO2.CC. The number of amides is 1. The number of rotatable bonds is 8. The molecule has 2 aliphatic rings. The molecule has 1 fully saturated rings. The predicted molar refractivity (Wildman–Crippen MR) is 160 cm³/mol. The van der Waals surface area contributed by atoms with Crippen molar-refractivity contribution >= 4 is 48.4 Å². The topological polar surface area (TPSA) is 54.9 Å². The Morgan fingerprint density at radius 2 is 1.89 bits per heavy atom. The number of likely N-dealkylation sites (tertiary alicyclic amines) is 1. The Balaban J connectivity index is 0.00000195. The first kappa shape index (κ1) is 30.1. The van der Waals surface area contributed by atoms with Gasteiger partial charge in [-0.1, -0.05) is 51.1 Å². The van der Waals surface area contributed by atoms with Gasteiger partial charge < -0.3 is 19.3 Å². The Morgan fingerprint density at radius 3 is 2.53 bits per heavy atom. The molecular weight excluding hydrogens is 518 g/mol. The Bertz CT molecular complexity index is 1280. The van der Waals surface area contributed by atoms with Gasteiger partial charge in [-0.3, -0.25) is 4.79 Å². The van der Waals surface area contributed by atoms with Crippen LogP contribution in [-0.4, -0.2) is 58.5 Å². The summed E-state index contributed by atoms with van der Waals surface area (Å²) in [5.74, 6) is 1.29. The number of carbonyl (C=O) groups is 1. The van der Waals surface area contributed by atoms with Crippen molar-refractivity contribution in [3.8, 4) is 11.5 Å². The van der Waals surface area contributed by atoms with Gasteiger partial charge in [-0.2, -0.15) is 0 Å². The molecule has 4 rings (SSSR count). The van der Waals surface area contributed by atoms with E-state index in [0.29, 0.717) is 28.4 Å². The molecule has 1 aromatic heterocycles. The molecule has 1 amide bonds. The smallest absolute Gasteiger partial charge is 0.255 e. The van der Waals surface area contributed by atoms with Crippen LogP contribution in [0, 0.1) is 0 Å². The maximum atomic E-state index is 14.1. The van der Waals surface area contributed by atoms with E-state index in [-0.39, 0.29) is 17.9 Å². The summed E-state index contributed by atoms with van der Waals surface area (Å²) >= 11 is 11.4. The lowest BCUT2D eigenvalue weighted by atomic mass is 10.0. The third-order valence-electron chi connectivity index (χ3n) is 6.96. The average molecular weight is 558 g/mol. The van der Waals surface area contributed by atoms with E-state index in [1.807, 2.05) is 62.9 Å². The molecule has 0 N–H and O–H groups in total. The van der Waals surface area contributed by atoms with E-state index < -0.39 is 4.87 Å². The van der Waals surface area contributed by atoms with Crippen molar-refractivity contribution in [1.82, 2.24) is 14.8 Å². The van der Waals surface area contributed by atoms with E-state index in [0.717, 1.165) is 42.9 Å². The Labute approximate surface area is 237 Å². The fourth-order valence-corrected chi connectivity index (χ4v) is 5.58. The van der Waals surface area contributed by atoms with Gasteiger partial charge in [0.15, 0.2) is 11.5 Å². The molecule has 6 nitrogen and oxygen atoms in total. The van der Waals surface area contributed by atoms with Crippen LogP contribution in [0.2, 0.25) is 5.15 Å². The fourth-order valence-electron chi connectivity index (χ4n) is 4.94. The molecule has 2 aromatic rings. The number of ether oxygens (including phenoxy) is 2. The molecular formula is C30H40ClN3O3S. The highest BCUT2D eigenvalue weighted by Crippen LogP contribution is 2.35. The molecule has 1 atom stereocenters. The van der Waals surface area contributed by atoms with Crippen LogP contribution >= 0.6 is 24.2 Å². The van der Waals surface area contributed by atoms with Crippen LogP contribution in [-0.2, 0) is 0 Å². The summed E-state index contributed by atoms with van der Waals surface area (Å²) in [5.41, 5.74) is 2.31. The molecule has 1 aromatic carbocycles. The summed E-state index contributed by atoms with van der Waals surface area (Å²) in [4.78, 5) is 22.1. The van der Waals surface area contributed by atoms with Crippen molar-refractivity contribution in [3.63, 3.8) is 0 Å². The van der Waals surface area contributed by atoms with E-state index in [4.69, 9.17) is 33.7 Å². The summed E-state index contributed by atoms with van der Waals surface area (Å²) in [5, 5.41) is 1.33. The molecule has 2 aliphatic heterocycles. The number of pyridine rings is 1. The monoisotopic (exact) mass is 557 g/mol. The number of halogens is 1. The number of thiol groups is 1. The first-order valence-corrected chi connectivity index (χ1v) is 14.3. The number of hydrogen-bond donors (Lipinski definition) is 1. The number of carbonyl (C=O) groups excluding carboxylic acids is 1. The van der Waals surface area contributed by atoms with Gasteiger partial charge in [0.2, 0.25) is 6.79 Å². The molecule has 0 spiro atoms. The minimum Gasteiger partial charge on any atom is -0.454 e. The van der Waals surface area contributed by atoms with Crippen LogP contribution in [0.25, 0.3) is 18.2 Å². The van der Waals surface area contributed by atoms with E-state index in [1.54, 1.807) is 6.07 Å². The number of allylic oxidation sites excluding steroid dienone is 2. The van der Waals surface area contributed by atoms with Gasteiger partial charge in [0.05, 0.1) is 15.8 Å². The number of likely N-dealkylation sites (N-methyl/N-ethyl adjacent to an activating group) is 1. The van der Waals surface area contributed by atoms with Crippen LogP contribution < -0.4 is 20.0 Å². The average Bonchev–Trinajstić information content (AvgIpc) is 3.61. The highest BCUT2D eigenvalue weighted by atomic mass is 35.5. The zero-order chi connectivity index (χ0) is 27.9. The summed E-state index contributed by atoms with van der Waals surface area (Å²) in [6.45, 7) is 17.7. The molecule has 206 valence electrons. The lowest BCUT2D eigenvalue weighted by Gasteiger charge is -2.42. The Kier molecular flexibility index (Phi) is 10.7. The van der Waals surface area contributed by atoms with Crippen molar-refractivity contribution in [1.29, 1.82) is 0 Å². The van der Waals surface area contributed by atoms with E-state index in [2.05, 4.69) is 23.4 Å². The van der Waals surface area contributed by atoms with Crippen molar-refractivity contribution < 1.29 is 14.3 Å². The Morgan fingerprint density at radius 1 is 1.21 bits per heavy atom. The molecule has 0 radical (unpaired) electrons. The van der Waals surface area contributed by atoms with Crippen LogP contribution in [0.3, 0.4) is 0 Å². The molecule has 0 unspecified atom stereocenters. The standard InChI is InChI=1S/C28H34ClN3O3S.C2H6/c1-5-20(21-10-11-24-25(15-21)35-18-34-24)14-22-19(4)30-26(29)16-23(22)27(33)32(7-3)28(36,6-2)17-31-12-8-9-13-31;1-2/h5,10-11,14-16,36H,4,6-9,12-13,17-18H2,1-3H3;1-2H3/b20-5+,22-14+;/t28-;/m1./s1. The lowest BCUT2D eigenvalue weighted by molar-refractivity contribution is 0.0593. The van der Waals surface area contributed by atoms with Gasteiger partial charge in [0, 0.05) is 18.3 Å². The molecule has 0 bridgehead atoms. The van der Waals surface area contributed by atoms with E-state index in [9.17, 15) is 4.79 Å². The molecule has 8 heteroatoms. The number of benzene rings is 1. The molecule has 38 heavy (non-hydrogen) atoms. The minimum absolute atomic E-state index is 0.130. The number of hydrogen-bond acceptors (Lipinski definition) is 6. The third-order valence-corrected chi connectivity index (χ3v) is 7.85. The Hall–Kier alpha value is -2.48. The number of nitrogens with zero attached hydrogens (tertiary/aromatic N) is 3. The van der Waals surface area contributed by atoms with Crippen LogP contribution in [0.15, 0.2) is 30.3 Å². The minimum atomic E-state index is -0.606. The van der Waals surface area contributed by atoms with Crippen LogP contribution in [0.5, 0.6) is 11.5 Å². The first-order chi connectivity index (χ1) is 18.3. The molecule has 0 aliphatic carbocycles. The maximum Gasteiger partial charge on any atom is 0.255 e. The van der Waals surface area contributed by atoms with E-state index >= 15 is 0 Å².